The minimum atomic E-state index is -0.256. The average molecular weight is 358 g/mol. The molecule has 0 saturated carbocycles. The Morgan fingerprint density at radius 1 is 1.12 bits per heavy atom. The van der Waals surface area contributed by atoms with Crippen LogP contribution in [0.15, 0.2) is 28.9 Å². The van der Waals surface area contributed by atoms with E-state index >= 15 is 0 Å². The van der Waals surface area contributed by atoms with Crippen LogP contribution in [-0.2, 0) is 4.79 Å². The first-order chi connectivity index (χ1) is 12.6. The second kappa shape index (κ2) is 7.77. The van der Waals surface area contributed by atoms with Crippen molar-refractivity contribution in [1.29, 1.82) is 0 Å². The number of anilines is 1. The number of unbranched alkanes of at least 4 members (excludes halogenated alkanes) is 2. The number of amides is 3. The second-order valence-corrected chi connectivity index (χ2v) is 5.79. The van der Waals surface area contributed by atoms with E-state index in [1.165, 1.54) is 12.0 Å². The van der Waals surface area contributed by atoms with E-state index in [9.17, 15) is 14.4 Å². The van der Waals surface area contributed by atoms with E-state index in [4.69, 9.17) is 4.74 Å². The topological polar surface area (TPSA) is 115 Å². The average Bonchev–Trinajstić information content (AvgIpc) is 3.19. The van der Waals surface area contributed by atoms with Crippen LogP contribution in [0.25, 0.3) is 0 Å². The first kappa shape index (κ1) is 17.6. The lowest BCUT2D eigenvalue weighted by molar-refractivity contribution is -0.116. The van der Waals surface area contributed by atoms with Gasteiger partial charge in [0, 0.05) is 13.0 Å². The van der Waals surface area contributed by atoms with E-state index in [0.29, 0.717) is 36.9 Å². The van der Waals surface area contributed by atoms with E-state index in [-0.39, 0.29) is 35.8 Å². The van der Waals surface area contributed by atoms with E-state index in [0.717, 1.165) is 0 Å². The summed E-state index contributed by atoms with van der Waals surface area (Å²) in [6, 6.07) is 6.80. The van der Waals surface area contributed by atoms with Gasteiger partial charge in [0.25, 0.3) is 11.8 Å². The summed E-state index contributed by atoms with van der Waals surface area (Å²) in [6.07, 6.45) is 2.23. The number of hydrogen-bond acceptors (Lipinski definition) is 7. The summed E-state index contributed by atoms with van der Waals surface area (Å²) >= 11 is 0. The lowest BCUT2D eigenvalue weighted by Gasteiger charge is -2.13. The lowest BCUT2D eigenvalue weighted by Crippen LogP contribution is -2.30. The van der Waals surface area contributed by atoms with E-state index in [2.05, 4.69) is 20.3 Å². The van der Waals surface area contributed by atoms with Crippen molar-refractivity contribution in [3.63, 3.8) is 0 Å². The number of carbonyl (C=O) groups is 3. The number of fused-ring (bicyclic) bond motifs is 1. The summed E-state index contributed by atoms with van der Waals surface area (Å²) < 4.78 is 9.36. The van der Waals surface area contributed by atoms with Crippen molar-refractivity contribution in [3.05, 3.63) is 35.4 Å². The van der Waals surface area contributed by atoms with Crippen LogP contribution in [-0.4, -0.2) is 46.6 Å². The molecule has 2 aromatic rings. The van der Waals surface area contributed by atoms with Gasteiger partial charge in [-0.15, -0.1) is 0 Å². The van der Waals surface area contributed by atoms with Gasteiger partial charge in [0.15, 0.2) is 0 Å². The quantitative estimate of drug-likeness (QED) is 0.566. The third kappa shape index (κ3) is 3.56. The molecule has 1 aliphatic rings. The van der Waals surface area contributed by atoms with Crippen molar-refractivity contribution in [2.24, 2.45) is 0 Å². The molecule has 0 aliphatic carbocycles. The third-order valence-corrected chi connectivity index (χ3v) is 4.07. The van der Waals surface area contributed by atoms with Crippen LogP contribution in [0.5, 0.6) is 5.88 Å². The van der Waals surface area contributed by atoms with Crippen molar-refractivity contribution in [1.82, 2.24) is 15.2 Å². The Kier molecular flexibility index (Phi) is 5.26. The zero-order valence-electron chi connectivity index (χ0n) is 14.2. The van der Waals surface area contributed by atoms with Crippen LogP contribution < -0.4 is 10.1 Å². The number of nitrogens with zero attached hydrogens (tertiary/aromatic N) is 3. The number of ether oxygens (including phenoxy) is 1. The minimum absolute atomic E-state index is 0.115. The molecule has 1 N–H and O–H groups in total. The monoisotopic (exact) mass is 358 g/mol. The van der Waals surface area contributed by atoms with Crippen LogP contribution in [0.2, 0.25) is 0 Å². The number of rotatable bonds is 8. The van der Waals surface area contributed by atoms with Crippen molar-refractivity contribution < 1.29 is 23.7 Å². The Morgan fingerprint density at radius 3 is 2.46 bits per heavy atom. The lowest BCUT2D eigenvalue weighted by atomic mass is 10.1. The summed E-state index contributed by atoms with van der Waals surface area (Å²) in [5.74, 6) is -0.491. The standard InChI is InChI=1S/C17H18N4O5/c1-25-15-14(19-26-20-15)18-13(22)9-3-2-6-10-21-16(23)11-7-4-5-8-12(11)17(21)24/h4-5,7-8H,2-3,6,9-10H2,1H3,(H,18,19,22). The van der Waals surface area contributed by atoms with Gasteiger partial charge in [-0.2, -0.15) is 0 Å². The predicted octanol–water partition coefficient (Wildman–Crippen LogP) is 1.87. The molecule has 1 aliphatic heterocycles. The number of aromatic nitrogens is 2. The highest BCUT2D eigenvalue weighted by Gasteiger charge is 2.34. The van der Waals surface area contributed by atoms with Gasteiger partial charge in [-0.1, -0.05) is 18.6 Å². The highest BCUT2D eigenvalue weighted by atomic mass is 16.6. The number of carbonyl (C=O) groups excluding carboxylic acids is 3. The first-order valence-corrected chi connectivity index (χ1v) is 8.23. The van der Waals surface area contributed by atoms with Gasteiger partial charge in [-0.25, -0.2) is 4.63 Å². The Balaban J connectivity index is 1.39. The molecule has 1 aromatic heterocycles. The first-order valence-electron chi connectivity index (χ1n) is 8.23. The molecule has 0 saturated heterocycles. The van der Waals surface area contributed by atoms with Crippen LogP contribution >= 0.6 is 0 Å². The molecule has 3 amide bonds. The zero-order valence-corrected chi connectivity index (χ0v) is 14.2. The van der Waals surface area contributed by atoms with Crippen molar-refractivity contribution >= 4 is 23.5 Å². The van der Waals surface area contributed by atoms with Crippen molar-refractivity contribution in [2.75, 3.05) is 19.0 Å². The molecule has 9 nitrogen and oxygen atoms in total. The Morgan fingerprint density at radius 2 is 1.81 bits per heavy atom. The number of nitrogens with one attached hydrogen (secondary N) is 1. The number of benzene rings is 1. The molecule has 0 fully saturated rings. The van der Waals surface area contributed by atoms with Crippen LogP contribution in [0.4, 0.5) is 5.82 Å². The highest BCUT2D eigenvalue weighted by Crippen LogP contribution is 2.23. The molecular formula is C17H18N4O5. The Labute approximate surface area is 149 Å². The molecule has 9 heteroatoms. The zero-order chi connectivity index (χ0) is 18.5. The molecule has 3 rings (SSSR count). The van der Waals surface area contributed by atoms with Crippen molar-refractivity contribution in [2.45, 2.75) is 25.7 Å². The summed E-state index contributed by atoms with van der Waals surface area (Å²) in [5, 5.41) is 9.57. The SMILES string of the molecule is COc1nonc1NC(=O)CCCCCN1C(=O)c2ccccc2C1=O. The normalized spacial score (nSPS) is 13.0. The fourth-order valence-corrected chi connectivity index (χ4v) is 2.76. The van der Waals surface area contributed by atoms with E-state index in [1.54, 1.807) is 24.3 Å². The van der Waals surface area contributed by atoms with Crippen molar-refractivity contribution in [3.8, 4) is 5.88 Å². The molecule has 0 radical (unpaired) electrons. The molecule has 0 bridgehead atoms. The third-order valence-electron chi connectivity index (χ3n) is 4.07. The Hall–Kier alpha value is -3.23. The molecule has 1 aromatic carbocycles. The maximum absolute atomic E-state index is 12.2. The van der Waals surface area contributed by atoms with Gasteiger partial charge in [-0.3, -0.25) is 19.3 Å². The largest absolute Gasteiger partial charge is 0.476 e. The molecule has 0 atom stereocenters. The van der Waals surface area contributed by atoms with E-state index in [1.807, 2.05) is 0 Å². The van der Waals surface area contributed by atoms with Gasteiger partial charge in [0.05, 0.1) is 18.2 Å². The van der Waals surface area contributed by atoms with Crippen LogP contribution in [0.1, 0.15) is 46.4 Å². The number of methoxy groups -OCH3 is 1. The summed E-state index contributed by atoms with van der Waals surface area (Å²) in [6.45, 7) is 0.342. The van der Waals surface area contributed by atoms with Gasteiger partial charge >= 0.3 is 5.88 Å². The second-order valence-electron chi connectivity index (χ2n) is 5.79. The highest BCUT2D eigenvalue weighted by molar-refractivity contribution is 6.21. The minimum Gasteiger partial charge on any atom is -0.476 e. The molecule has 0 unspecified atom stereocenters. The molecular weight excluding hydrogens is 340 g/mol. The summed E-state index contributed by atoms with van der Waals surface area (Å²) in [5.41, 5.74) is 0.902. The predicted molar refractivity (Wildman–Crippen MR) is 89.8 cm³/mol. The number of imide groups is 1. The van der Waals surface area contributed by atoms with Crippen LogP contribution in [0, 0.1) is 0 Å². The molecule has 2 heterocycles. The van der Waals surface area contributed by atoms with Gasteiger partial charge in [0.1, 0.15) is 0 Å². The molecule has 136 valence electrons. The molecule has 26 heavy (non-hydrogen) atoms. The van der Waals surface area contributed by atoms with Gasteiger partial charge in [0.2, 0.25) is 11.7 Å². The maximum atomic E-state index is 12.2. The fourth-order valence-electron chi connectivity index (χ4n) is 2.76. The summed E-state index contributed by atoms with van der Waals surface area (Å²) in [4.78, 5) is 37.6. The Bertz CT molecular complexity index is 797. The smallest absolute Gasteiger partial charge is 0.300 e. The fraction of sp³-hybridized carbons (Fsp3) is 0.353. The van der Waals surface area contributed by atoms with E-state index < -0.39 is 0 Å². The van der Waals surface area contributed by atoms with Crippen LogP contribution in [0.3, 0.4) is 0 Å². The van der Waals surface area contributed by atoms with Gasteiger partial charge in [-0.05, 0) is 35.3 Å². The number of hydrogen-bond donors (Lipinski definition) is 1. The van der Waals surface area contributed by atoms with Gasteiger partial charge < -0.3 is 10.1 Å². The summed E-state index contributed by atoms with van der Waals surface area (Å²) in [7, 11) is 1.40. The molecule has 0 spiro atoms. The maximum Gasteiger partial charge on any atom is 0.300 e.